The zero-order valence-corrected chi connectivity index (χ0v) is 16.2. The molecule has 5 nitrogen and oxygen atoms in total. The molecule has 1 heterocycles. The van der Waals surface area contributed by atoms with Crippen LogP contribution in [0.1, 0.15) is 17.5 Å². The fraction of sp³-hybridized carbons (Fsp3) is 0.333. The van der Waals surface area contributed by atoms with Crippen molar-refractivity contribution in [3.63, 3.8) is 0 Å². The minimum atomic E-state index is -0.424. The number of rotatable bonds is 6. The second kappa shape index (κ2) is 9.54. The molecule has 0 N–H and O–H groups in total. The molecule has 1 aliphatic heterocycles. The van der Waals surface area contributed by atoms with Crippen molar-refractivity contribution in [1.82, 2.24) is 9.80 Å². The van der Waals surface area contributed by atoms with Crippen LogP contribution in [0.4, 0.5) is 4.39 Å². The van der Waals surface area contributed by atoms with Crippen LogP contribution < -0.4 is 4.74 Å². The van der Waals surface area contributed by atoms with Gasteiger partial charge in [-0.25, -0.2) is 4.39 Å². The molecule has 146 valence electrons. The molecule has 3 rings (SSSR count). The van der Waals surface area contributed by atoms with Crippen LogP contribution in [-0.2, 0) is 11.3 Å². The maximum absolute atomic E-state index is 13.0. The SMILES string of the molecule is N#Cc1ccc(CN2CCN(C(=O)CCOc3ccc(F)cc3Cl)CC2)cc1. The van der Waals surface area contributed by atoms with Gasteiger partial charge in [0.25, 0.3) is 0 Å². The summed E-state index contributed by atoms with van der Waals surface area (Å²) in [7, 11) is 0. The number of nitrogens with zero attached hydrogens (tertiary/aromatic N) is 3. The van der Waals surface area contributed by atoms with Crippen LogP contribution in [0.5, 0.6) is 5.75 Å². The Kier molecular flexibility index (Phi) is 6.85. The van der Waals surface area contributed by atoms with Crippen molar-refractivity contribution in [2.24, 2.45) is 0 Å². The molecule has 1 amide bonds. The van der Waals surface area contributed by atoms with E-state index >= 15 is 0 Å². The summed E-state index contributed by atoms with van der Waals surface area (Å²) in [5.41, 5.74) is 1.81. The van der Waals surface area contributed by atoms with Crippen LogP contribution in [0.15, 0.2) is 42.5 Å². The molecule has 0 aliphatic carbocycles. The molecule has 0 bridgehead atoms. The van der Waals surface area contributed by atoms with Gasteiger partial charge in [0.2, 0.25) is 5.91 Å². The van der Waals surface area contributed by atoms with Crippen molar-refractivity contribution in [2.45, 2.75) is 13.0 Å². The standard InChI is InChI=1S/C21H21ClFN3O2/c22-19-13-18(23)5-6-20(19)28-12-7-21(27)26-10-8-25(9-11-26)15-17-3-1-16(14-24)2-4-17/h1-6,13H,7-12,15H2. The Balaban J connectivity index is 1.40. The molecule has 0 spiro atoms. The number of piperazine rings is 1. The maximum Gasteiger partial charge on any atom is 0.226 e. The minimum Gasteiger partial charge on any atom is -0.491 e. The number of ether oxygens (including phenoxy) is 1. The van der Waals surface area contributed by atoms with E-state index in [-0.39, 0.29) is 24.0 Å². The van der Waals surface area contributed by atoms with Crippen molar-refractivity contribution in [1.29, 1.82) is 5.26 Å². The van der Waals surface area contributed by atoms with Gasteiger partial charge in [-0.2, -0.15) is 5.26 Å². The van der Waals surface area contributed by atoms with Gasteiger partial charge in [-0.15, -0.1) is 0 Å². The van der Waals surface area contributed by atoms with Gasteiger partial charge in [-0.3, -0.25) is 9.69 Å². The normalized spacial score (nSPS) is 14.5. The van der Waals surface area contributed by atoms with E-state index in [1.54, 1.807) is 0 Å². The Morgan fingerprint density at radius 1 is 1.14 bits per heavy atom. The third-order valence-corrected chi connectivity index (χ3v) is 4.98. The van der Waals surface area contributed by atoms with E-state index in [2.05, 4.69) is 11.0 Å². The van der Waals surface area contributed by atoms with Crippen LogP contribution >= 0.6 is 11.6 Å². The first kappa shape index (κ1) is 20.1. The Labute approximate surface area is 168 Å². The molecule has 7 heteroatoms. The van der Waals surface area contributed by atoms with Crippen LogP contribution in [0, 0.1) is 17.1 Å². The number of carbonyl (C=O) groups excluding carboxylic acids is 1. The lowest BCUT2D eigenvalue weighted by atomic mass is 10.1. The highest BCUT2D eigenvalue weighted by Gasteiger charge is 2.21. The number of benzene rings is 2. The highest BCUT2D eigenvalue weighted by Crippen LogP contribution is 2.25. The molecular formula is C21H21ClFN3O2. The summed E-state index contributed by atoms with van der Waals surface area (Å²) in [6, 6.07) is 13.6. The van der Waals surface area contributed by atoms with E-state index < -0.39 is 5.82 Å². The number of carbonyl (C=O) groups is 1. The summed E-state index contributed by atoms with van der Waals surface area (Å²) in [6.45, 7) is 3.96. The van der Waals surface area contributed by atoms with E-state index in [0.717, 1.165) is 25.2 Å². The number of halogens is 2. The summed E-state index contributed by atoms with van der Waals surface area (Å²) in [4.78, 5) is 16.5. The van der Waals surface area contributed by atoms with Crippen molar-refractivity contribution >= 4 is 17.5 Å². The van der Waals surface area contributed by atoms with E-state index in [4.69, 9.17) is 21.6 Å². The van der Waals surface area contributed by atoms with Crippen molar-refractivity contribution in [3.8, 4) is 11.8 Å². The molecule has 28 heavy (non-hydrogen) atoms. The fourth-order valence-corrected chi connectivity index (χ4v) is 3.32. The average molecular weight is 402 g/mol. The second-order valence-corrected chi connectivity index (χ2v) is 7.05. The van der Waals surface area contributed by atoms with Crippen LogP contribution in [0.3, 0.4) is 0 Å². The highest BCUT2D eigenvalue weighted by molar-refractivity contribution is 6.32. The summed E-state index contributed by atoms with van der Waals surface area (Å²) < 4.78 is 18.5. The summed E-state index contributed by atoms with van der Waals surface area (Å²) in [6.07, 6.45) is 0.253. The molecule has 0 radical (unpaired) electrons. The lowest BCUT2D eigenvalue weighted by molar-refractivity contribution is -0.133. The van der Waals surface area contributed by atoms with Gasteiger partial charge in [0.15, 0.2) is 0 Å². The number of nitriles is 1. The fourth-order valence-electron chi connectivity index (χ4n) is 3.10. The summed E-state index contributed by atoms with van der Waals surface area (Å²) in [5, 5.41) is 9.05. The number of amides is 1. The molecule has 0 saturated carbocycles. The third kappa shape index (κ3) is 5.44. The molecule has 2 aromatic rings. The van der Waals surface area contributed by atoms with Crippen LogP contribution in [0.25, 0.3) is 0 Å². The topological polar surface area (TPSA) is 56.6 Å². The van der Waals surface area contributed by atoms with E-state index in [0.29, 0.717) is 24.4 Å². The molecule has 1 aliphatic rings. The third-order valence-electron chi connectivity index (χ3n) is 4.68. The molecule has 0 atom stereocenters. The lowest BCUT2D eigenvalue weighted by Crippen LogP contribution is -2.48. The Bertz CT molecular complexity index is 859. The quantitative estimate of drug-likeness (QED) is 0.743. The molecule has 0 unspecified atom stereocenters. The molecule has 1 fully saturated rings. The molecular weight excluding hydrogens is 381 g/mol. The smallest absolute Gasteiger partial charge is 0.226 e. The predicted octanol–water partition coefficient (Wildman–Crippen LogP) is 3.46. The zero-order chi connectivity index (χ0) is 19.9. The minimum absolute atomic E-state index is 0.0382. The van der Waals surface area contributed by atoms with Crippen LogP contribution in [-0.4, -0.2) is 48.5 Å². The first-order chi connectivity index (χ1) is 13.5. The maximum atomic E-state index is 13.0. The van der Waals surface area contributed by atoms with Crippen molar-refractivity contribution in [2.75, 3.05) is 32.8 Å². The molecule has 0 aromatic heterocycles. The highest BCUT2D eigenvalue weighted by atomic mass is 35.5. The first-order valence-electron chi connectivity index (χ1n) is 9.12. The Morgan fingerprint density at radius 3 is 2.50 bits per heavy atom. The van der Waals surface area contributed by atoms with Gasteiger partial charge in [-0.1, -0.05) is 23.7 Å². The second-order valence-electron chi connectivity index (χ2n) is 6.64. The van der Waals surface area contributed by atoms with Gasteiger partial charge in [0.05, 0.1) is 29.7 Å². The zero-order valence-electron chi connectivity index (χ0n) is 15.4. The van der Waals surface area contributed by atoms with E-state index in [1.165, 1.54) is 18.2 Å². The molecule has 1 saturated heterocycles. The Morgan fingerprint density at radius 2 is 1.86 bits per heavy atom. The van der Waals surface area contributed by atoms with Gasteiger partial charge in [-0.05, 0) is 35.9 Å². The van der Waals surface area contributed by atoms with Crippen molar-refractivity contribution < 1.29 is 13.9 Å². The lowest BCUT2D eigenvalue weighted by Gasteiger charge is -2.34. The van der Waals surface area contributed by atoms with Crippen LogP contribution in [0.2, 0.25) is 5.02 Å². The van der Waals surface area contributed by atoms with Gasteiger partial charge in [0.1, 0.15) is 11.6 Å². The Hall–Kier alpha value is -2.62. The van der Waals surface area contributed by atoms with Gasteiger partial charge >= 0.3 is 0 Å². The van der Waals surface area contributed by atoms with Gasteiger partial charge in [0, 0.05) is 32.7 Å². The predicted molar refractivity (Wildman–Crippen MR) is 105 cm³/mol. The number of hydrogen-bond acceptors (Lipinski definition) is 4. The van der Waals surface area contributed by atoms with Gasteiger partial charge < -0.3 is 9.64 Å². The number of hydrogen-bond donors (Lipinski definition) is 0. The first-order valence-corrected chi connectivity index (χ1v) is 9.50. The van der Waals surface area contributed by atoms with E-state index in [1.807, 2.05) is 29.2 Å². The largest absolute Gasteiger partial charge is 0.491 e. The summed E-state index contributed by atoms with van der Waals surface area (Å²) >= 11 is 5.91. The molecule has 2 aromatic carbocycles. The monoisotopic (exact) mass is 401 g/mol. The summed E-state index contributed by atoms with van der Waals surface area (Å²) in [5.74, 6) is -0.00772. The average Bonchev–Trinajstić information content (AvgIpc) is 2.70. The van der Waals surface area contributed by atoms with E-state index in [9.17, 15) is 9.18 Å². The van der Waals surface area contributed by atoms with Crippen molar-refractivity contribution in [3.05, 3.63) is 64.4 Å².